The third-order valence-electron chi connectivity index (χ3n) is 3.01. The topological polar surface area (TPSA) is 38.0 Å². The second-order valence-corrected chi connectivity index (χ2v) is 5.13. The van der Waals surface area contributed by atoms with Crippen molar-refractivity contribution < 1.29 is 0 Å². The fourth-order valence-corrected chi connectivity index (χ4v) is 2.40. The van der Waals surface area contributed by atoms with Crippen LogP contribution in [0.2, 0.25) is 0 Å². The molecule has 0 fully saturated rings. The van der Waals surface area contributed by atoms with Crippen LogP contribution in [0.1, 0.15) is 24.4 Å². The molecular formula is C15H15BrN2. The molecular weight excluding hydrogens is 288 g/mol. The van der Waals surface area contributed by atoms with E-state index in [1.165, 1.54) is 16.3 Å². The second kappa shape index (κ2) is 6.01. The van der Waals surface area contributed by atoms with Gasteiger partial charge in [-0.15, -0.1) is 12.3 Å². The first-order valence-corrected chi connectivity index (χ1v) is 6.62. The Balaban J connectivity index is 2.34. The van der Waals surface area contributed by atoms with E-state index in [4.69, 9.17) is 12.3 Å². The van der Waals surface area contributed by atoms with Gasteiger partial charge in [-0.3, -0.25) is 11.3 Å². The summed E-state index contributed by atoms with van der Waals surface area (Å²) in [6.07, 6.45) is 6.85. The molecule has 1 atom stereocenters. The summed E-state index contributed by atoms with van der Waals surface area (Å²) >= 11 is 3.47. The molecule has 92 valence electrons. The average Bonchev–Trinajstić information content (AvgIpc) is 2.39. The lowest BCUT2D eigenvalue weighted by molar-refractivity contribution is 0.524. The zero-order chi connectivity index (χ0) is 13.0. The lowest BCUT2D eigenvalue weighted by Gasteiger charge is -2.15. The summed E-state index contributed by atoms with van der Waals surface area (Å²) in [6, 6.07) is 12.7. The second-order valence-electron chi connectivity index (χ2n) is 4.21. The highest BCUT2D eigenvalue weighted by atomic mass is 79.9. The third-order valence-corrected chi connectivity index (χ3v) is 3.50. The smallest absolute Gasteiger partial charge is 0.0469 e. The van der Waals surface area contributed by atoms with E-state index in [-0.39, 0.29) is 6.04 Å². The van der Waals surface area contributed by atoms with Crippen molar-refractivity contribution in [1.82, 2.24) is 5.43 Å². The van der Waals surface area contributed by atoms with E-state index in [9.17, 15) is 0 Å². The quantitative estimate of drug-likeness (QED) is 0.515. The molecule has 0 heterocycles. The van der Waals surface area contributed by atoms with E-state index in [2.05, 4.69) is 57.6 Å². The van der Waals surface area contributed by atoms with Crippen LogP contribution in [-0.2, 0) is 0 Å². The van der Waals surface area contributed by atoms with Crippen molar-refractivity contribution in [1.29, 1.82) is 0 Å². The molecule has 0 aliphatic rings. The number of halogens is 1. The Bertz CT molecular complexity index is 587. The van der Waals surface area contributed by atoms with Gasteiger partial charge in [-0.05, 0) is 41.0 Å². The molecule has 0 bridgehead atoms. The Kier molecular flexibility index (Phi) is 4.38. The highest BCUT2D eigenvalue weighted by Gasteiger charge is 2.09. The SMILES string of the molecule is C#CCCC(NN)c1ccc2cc(Br)ccc2c1. The fourth-order valence-electron chi connectivity index (χ4n) is 2.03. The first-order chi connectivity index (χ1) is 8.74. The van der Waals surface area contributed by atoms with Crippen LogP contribution in [0, 0.1) is 12.3 Å². The number of terminal acetylenes is 1. The summed E-state index contributed by atoms with van der Waals surface area (Å²) in [6.45, 7) is 0. The highest BCUT2D eigenvalue weighted by Crippen LogP contribution is 2.25. The van der Waals surface area contributed by atoms with Crippen molar-refractivity contribution in [3.05, 3.63) is 46.4 Å². The van der Waals surface area contributed by atoms with Crippen LogP contribution in [0.5, 0.6) is 0 Å². The van der Waals surface area contributed by atoms with E-state index < -0.39 is 0 Å². The summed E-state index contributed by atoms with van der Waals surface area (Å²) in [5.74, 6) is 8.23. The molecule has 2 aromatic rings. The molecule has 0 aliphatic carbocycles. The Morgan fingerprint density at radius 3 is 2.67 bits per heavy atom. The zero-order valence-electron chi connectivity index (χ0n) is 9.99. The summed E-state index contributed by atoms with van der Waals surface area (Å²) in [5, 5.41) is 2.41. The number of benzene rings is 2. The van der Waals surface area contributed by atoms with Crippen LogP contribution in [0.15, 0.2) is 40.9 Å². The molecule has 3 N–H and O–H groups in total. The molecule has 3 heteroatoms. The maximum atomic E-state index is 5.59. The van der Waals surface area contributed by atoms with Crippen molar-refractivity contribution in [2.75, 3.05) is 0 Å². The van der Waals surface area contributed by atoms with Gasteiger partial charge in [0.1, 0.15) is 0 Å². The molecule has 0 aliphatic heterocycles. The average molecular weight is 303 g/mol. The molecule has 2 rings (SSSR count). The van der Waals surface area contributed by atoms with E-state index in [1.54, 1.807) is 0 Å². The third kappa shape index (κ3) is 2.91. The largest absolute Gasteiger partial charge is 0.271 e. The van der Waals surface area contributed by atoms with E-state index in [0.29, 0.717) is 6.42 Å². The van der Waals surface area contributed by atoms with Crippen molar-refractivity contribution in [3.8, 4) is 12.3 Å². The normalized spacial score (nSPS) is 12.3. The Morgan fingerprint density at radius 2 is 1.94 bits per heavy atom. The molecule has 0 saturated carbocycles. The minimum Gasteiger partial charge on any atom is -0.271 e. The standard InChI is InChI=1S/C15H15BrN2/c1-2-3-4-15(18-17)13-6-5-12-10-14(16)8-7-11(12)9-13/h1,5-10,15,18H,3-4,17H2. The molecule has 2 nitrogen and oxygen atoms in total. The number of nitrogens with one attached hydrogen (secondary N) is 1. The van der Waals surface area contributed by atoms with Crippen LogP contribution < -0.4 is 11.3 Å². The predicted molar refractivity (Wildman–Crippen MR) is 79.8 cm³/mol. The van der Waals surface area contributed by atoms with Crippen LogP contribution >= 0.6 is 15.9 Å². The number of rotatable bonds is 4. The number of hydrazine groups is 1. The zero-order valence-corrected chi connectivity index (χ0v) is 11.6. The molecule has 0 radical (unpaired) electrons. The maximum Gasteiger partial charge on any atom is 0.0469 e. The van der Waals surface area contributed by atoms with Crippen LogP contribution in [0.25, 0.3) is 10.8 Å². The molecule has 0 spiro atoms. The van der Waals surface area contributed by atoms with Gasteiger partial charge in [0.05, 0.1) is 0 Å². The van der Waals surface area contributed by atoms with Crippen molar-refractivity contribution in [3.63, 3.8) is 0 Å². The number of fused-ring (bicyclic) bond motifs is 1. The number of hydrogen-bond donors (Lipinski definition) is 2. The van der Waals surface area contributed by atoms with Crippen molar-refractivity contribution in [2.24, 2.45) is 5.84 Å². The summed E-state index contributed by atoms with van der Waals surface area (Å²) < 4.78 is 1.09. The highest BCUT2D eigenvalue weighted by molar-refractivity contribution is 9.10. The van der Waals surface area contributed by atoms with Gasteiger partial charge < -0.3 is 0 Å². The Labute approximate surface area is 116 Å². The fraction of sp³-hybridized carbons (Fsp3) is 0.200. The van der Waals surface area contributed by atoms with Crippen molar-refractivity contribution >= 4 is 26.7 Å². The maximum absolute atomic E-state index is 5.59. The molecule has 0 saturated heterocycles. The summed E-state index contributed by atoms with van der Waals surface area (Å²) in [7, 11) is 0. The lowest BCUT2D eigenvalue weighted by Crippen LogP contribution is -2.27. The molecule has 18 heavy (non-hydrogen) atoms. The van der Waals surface area contributed by atoms with E-state index in [0.717, 1.165) is 10.9 Å². The first-order valence-electron chi connectivity index (χ1n) is 5.83. The number of nitrogens with two attached hydrogens (primary N) is 1. The molecule has 0 aromatic heterocycles. The van der Waals surface area contributed by atoms with Gasteiger partial charge in [-0.2, -0.15) is 0 Å². The molecule has 2 aromatic carbocycles. The van der Waals surface area contributed by atoms with Gasteiger partial charge in [0.2, 0.25) is 0 Å². The monoisotopic (exact) mass is 302 g/mol. The van der Waals surface area contributed by atoms with Crippen LogP contribution in [-0.4, -0.2) is 0 Å². The Hall–Kier alpha value is -1.34. The van der Waals surface area contributed by atoms with Gasteiger partial charge in [0, 0.05) is 16.9 Å². The van der Waals surface area contributed by atoms with Gasteiger partial charge in [0.15, 0.2) is 0 Å². The minimum atomic E-state index is 0.106. The predicted octanol–water partition coefficient (Wildman–Crippen LogP) is 3.52. The molecule has 1 unspecified atom stereocenters. The summed E-state index contributed by atoms with van der Waals surface area (Å²) in [5.41, 5.74) is 3.99. The van der Waals surface area contributed by atoms with Gasteiger partial charge >= 0.3 is 0 Å². The van der Waals surface area contributed by atoms with E-state index >= 15 is 0 Å². The number of hydrogen-bond acceptors (Lipinski definition) is 2. The lowest BCUT2D eigenvalue weighted by atomic mass is 9.99. The first kappa shape index (κ1) is 13.1. The minimum absolute atomic E-state index is 0.106. The van der Waals surface area contributed by atoms with Gasteiger partial charge in [-0.25, -0.2) is 0 Å². The van der Waals surface area contributed by atoms with Crippen LogP contribution in [0.3, 0.4) is 0 Å². The van der Waals surface area contributed by atoms with Crippen molar-refractivity contribution in [2.45, 2.75) is 18.9 Å². The molecule has 0 amide bonds. The summed E-state index contributed by atoms with van der Waals surface area (Å²) in [4.78, 5) is 0. The van der Waals surface area contributed by atoms with Crippen LogP contribution in [0.4, 0.5) is 0 Å². The van der Waals surface area contributed by atoms with E-state index in [1.807, 2.05) is 6.07 Å². The van der Waals surface area contributed by atoms with Gasteiger partial charge in [0.25, 0.3) is 0 Å². The Morgan fingerprint density at radius 1 is 1.22 bits per heavy atom. The van der Waals surface area contributed by atoms with Gasteiger partial charge in [-0.1, -0.05) is 34.1 Å².